The fraction of sp³-hybridized carbons (Fsp3) is 0.304. The Hall–Kier alpha value is -5.88. The van der Waals surface area contributed by atoms with E-state index in [0.29, 0.717) is 75.0 Å². The molecule has 0 saturated carbocycles. The molecule has 2 aromatic carbocycles. The Morgan fingerprint density at radius 2 is 0.789 bits per heavy atom. The Morgan fingerprint density at radius 3 is 1.09 bits per heavy atom. The summed E-state index contributed by atoms with van der Waals surface area (Å²) < 4.78 is 21.1. The van der Waals surface area contributed by atoms with E-state index in [-0.39, 0.29) is 45.4 Å². The van der Waals surface area contributed by atoms with Crippen LogP contribution in [0.3, 0.4) is 0 Å². The van der Waals surface area contributed by atoms with Crippen LogP contribution in [0, 0.1) is 0 Å². The van der Waals surface area contributed by atoms with E-state index >= 15 is 0 Å². The minimum atomic E-state index is -0.215. The SMILES string of the molecule is CN(CCOCCOCCOCCN(C)c1ccc(C2=C([O-])C(=C3C=CC(=[N+](C)C)C=C3)C2=O)cc1)c1ccc(C2=C([O-])C(=C3C=CC(=[N+](C)C)C=C3)C2=O)cc1. The van der Waals surface area contributed by atoms with Gasteiger partial charge in [0.05, 0.1) is 39.6 Å². The van der Waals surface area contributed by atoms with Gasteiger partial charge in [-0.25, -0.2) is 9.15 Å². The molecule has 0 saturated heterocycles. The van der Waals surface area contributed by atoms with E-state index in [1.807, 2.05) is 149 Å². The lowest BCUT2D eigenvalue weighted by atomic mass is 9.80. The molecule has 11 nitrogen and oxygen atoms in total. The van der Waals surface area contributed by atoms with Crippen LogP contribution >= 0.6 is 0 Å². The van der Waals surface area contributed by atoms with Gasteiger partial charge in [0.25, 0.3) is 0 Å². The van der Waals surface area contributed by atoms with Gasteiger partial charge >= 0.3 is 0 Å². The fourth-order valence-electron chi connectivity index (χ4n) is 6.66. The smallest absolute Gasteiger partial charge is 0.199 e. The van der Waals surface area contributed by atoms with Gasteiger partial charge in [0.2, 0.25) is 0 Å². The van der Waals surface area contributed by atoms with Gasteiger partial charge < -0.3 is 34.2 Å². The number of Topliss-reactive ketones (excluding diaryl/α,β-unsaturated/α-hetero) is 2. The molecule has 0 amide bonds. The van der Waals surface area contributed by atoms with Crippen LogP contribution in [0.5, 0.6) is 0 Å². The normalized spacial score (nSPS) is 16.2. The third-order valence-electron chi connectivity index (χ3n) is 10.2. The zero-order valence-corrected chi connectivity index (χ0v) is 33.5. The second-order valence-corrected chi connectivity index (χ2v) is 14.5. The van der Waals surface area contributed by atoms with Crippen molar-refractivity contribution >= 4 is 45.5 Å². The number of allylic oxidation sites excluding steroid dienone is 14. The highest BCUT2D eigenvalue weighted by atomic mass is 16.5. The lowest BCUT2D eigenvalue weighted by molar-refractivity contribution is -0.462. The number of benzene rings is 2. The van der Waals surface area contributed by atoms with Gasteiger partial charge in [-0.3, -0.25) is 9.59 Å². The van der Waals surface area contributed by atoms with Crippen molar-refractivity contribution in [3.63, 3.8) is 0 Å². The van der Waals surface area contributed by atoms with Crippen molar-refractivity contribution in [2.24, 2.45) is 0 Å². The zero-order chi connectivity index (χ0) is 40.6. The fourth-order valence-corrected chi connectivity index (χ4v) is 6.66. The summed E-state index contributed by atoms with van der Waals surface area (Å²) in [4.78, 5) is 30.0. The average Bonchev–Trinajstić information content (AvgIpc) is 3.21. The van der Waals surface area contributed by atoms with Crippen LogP contribution in [0.4, 0.5) is 11.4 Å². The number of ether oxygens (including phenoxy) is 3. The van der Waals surface area contributed by atoms with Crippen LogP contribution in [-0.4, -0.2) is 127 Å². The van der Waals surface area contributed by atoms with Gasteiger partial charge in [-0.15, -0.1) is 0 Å². The van der Waals surface area contributed by atoms with Crippen LogP contribution in [0.15, 0.2) is 131 Å². The molecule has 0 N–H and O–H groups in total. The molecule has 0 aliphatic heterocycles. The molecule has 0 unspecified atom stereocenters. The third kappa shape index (κ3) is 9.23. The second-order valence-electron chi connectivity index (χ2n) is 14.5. The van der Waals surface area contributed by atoms with Gasteiger partial charge in [-0.1, -0.05) is 35.8 Å². The molecule has 0 bridgehead atoms. The van der Waals surface area contributed by atoms with E-state index in [4.69, 9.17) is 14.2 Å². The predicted octanol–water partition coefficient (Wildman–Crippen LogP) is 2.89. The van der Waals surface area contributed by atoms with Crippen LogP contribution in [0.25, 0.3) is 11.1 Å². The molecule has 6 rings (SSSR count). The summed E-state index contributed by atoms with van der Waals surface area (Å²) in [7, 11) is 11.7. The Kier molecular flexibility index (Phi) is 13.1. The van der Waals surface area contributed by atoms with E-state index < -0.39 is 0 Å². The monoisotopic (exact) mass is 770 g/mol. The molecule has 57 heavy (non-hydrogen) atoms. The molecule has 0 aromatic heterocycles. The topological polar surface area (TPSA) is 120 Å². The molecule has 0 fully saturated rings. The van der Waals surface area contributed by atoms with E-state index in [0.717, 1.165) is 22.8 Å². The minimum Gasteiger partial charge on any atom is -0.871 e. The number of carbonyl (C=O) groups excluding carboxylic acids is 2. The summed E-state index contributed by atoms with van der Waals surface area (Å²) >= 11 is 0. The molecule has 0 radical (unpaired) electrons. The summed E-state index contributed by atoms with van der Waals surface area (Å²) in [6, 6.07) is 14.9. The molecular formula is C46H50N4O7. The first-order valence-electron chi connectivity index (χ1n) is 19.0. The van der Waals surface area contributed by atoms with Crippen molar-refractivity contribution in [2.75, 3.05) is 105 Å². The zero-order valence-electron chi connectivity index (χ0n) is 33.5. The Labute approximate surface area is 334 Å². The van der Waals surface area contributed by atoms with Crippen LogP contribution in [-0.2, 0) is 23.8 Å². The average molecular weight is 771 g/mol. The van der Waals surface area contributed by atoms with Gasteiger partial charge in [0.1, 0.15) is 28.2 Å². The minimum absolute atomic E-state index is 0.215. The first-order chi connectivity index (χ1) is 27.5. The van der Waals surface area contributed by atoms with Crippen molar-refractivity contribution in [1.82, 2.24) is 0 Å². The van der Waals surface area contributed by atoms with Crippen molar-refractivity contribution in [3.05, 3.63) is 142 Å². The van der Waals surface area contributed by atoms with Gasteiger partial charge in [0.15, 0.2) is 23.0 Å². The molecule has 11 heteroatoms. The summed E-state index contributed by atoms with van der Waals surface area (Å²) in [5.41, 5.74) is 7.43. The number of carbonyl (C=O) groups is 2. The molecule has 0 heterocycles. The van der Waals surface area contributed by atoms with Crippen molar-refractivity contribution in [3.8, 4) is 0 Å². The lowest BCUT2D eigenvalue weighted by Gasteiger charge is -2.32. The molecule has 4 aliphatic carbocycles. The summed E-state index contributed by atoms with van der Waals surface area (Å²) in [5, 5.41) is 25.9. The van der Waals surface area contributed by atoms with Gasteiger partial charge in [-0.2, -0.15) is 0 Å². The molecule has 296 valence electrons. The highest BCUT2D eigenvalue weighted by molar-refractivity contribution is 6.40. The van der Waals surface area contributed by atoms with Crippen molar-refractivity contribution in [2.45, 2.75) is 0 Å². The first-order valence-corrected chi connectivity index (χ1v) is 19.0. The highest BCUT2D eigenvalue weighted by Crippen LogP contribution is 2.39. The quantitative estimate of drug-likeness (QED) is 0.144. The molecule has 0 spiro atoms. The molecule has 4 aliphatic rings. The molecule has 2 aromatic rings. The standard InChI is InChI=1S/C46H50N4O7/c1-47(2)35-15-7-31(8-16-35)39-43(51)41(44(39)52)33-11-19-37(20-12-33)49(5)23-25-55-27-29-57-30-28-56-26-24-50(6)38-21-13-34(14-22-38)42-45(53)40(46(42)54)32-9-17-36(18-10-32)48(3)4/h7-22H,23-30H2,1-6H3. The van der Waals surface area contributed by atoms with E-state index in [1.54, 1.807) is 0 Å². The number of likely N-dealkylation sites (N-methyl/N-ethyl adjacent to an activating group) is 2. The van der Waals surface area contributed by atoms with Crippen LogP contribution in [0.1, 0.15) is 11.1 Å². The van der Waals surface area contributed by atoms with Crippen LogP contribution in [0.2, 0.25) is 0 Å². The number of anilines is 2. The van der Waals surface area contributed by atoms with E-state index in [1.165, 1.54) is 0 Å². The summed E-state index contributed by atoms with van der Waals surface area (Å²) in [5.74, 6) is -0.862. The summed E-state index contributed by atoms with van der Waals surface area (Å²) in [6.07, 6.45) is 14.9. The van der Waals surface area contributed by atoms with Crippen molar-refractivity contribution in [1.29, 1.82) is 0 Å². The number of hydrogen-bond acceptors (Lipinski definition) is 9. The maximum Gasteiger partial charge on any atom is 0.199 e. The number of nitrogens with zero attached hydrogens (tertiary/aromatic N) is 4. The van der Waals surface area contributed by atoms with Gasteiger partial charge in [0, 0.05) is 85.2 Å². The molecular weight excluding hydrogens is 721 g/mol. The Bertz CT molecular complexity index is 2030. The Balaban J connectivity index is 0.831. The van der Waals surface area contributed by atoms with E-state index in [9.17, 15) is 19.8 Å². The predicted molar refractivity (Wildman–Crippen MR) is 221 cm³/mol. The second kappa shape index (κ2) is 18.4. The van der Waals surface area contributed by atoms with E-state index in [2.05, 4.69) is 9.80 Å². The number of ketones is 2. The van der Waals surface area contributed by atoms with Gasteiger partial charge in [-0.05, 0) is 70.8 Å². The highest BCUT2D eigenvalue weighted by Gasteiger charge is 2.32. The maximum absolute atomic E-state index is 12.9. The molecule has 0 atom stereocenters. The Morgan fingerprint density at radius 1 is 0.474 bits per heavy atom. The number of rotatable bonds is 16. The lowest BCUT2D eigenvalue weighted by Crippen LogP contribution is -2.30. The largest absolute Gasteiger partial charge is 0.871 e. The summed E-state index contributed by atoms with van der Waals surface area (Å²) in [6.45, 7) is 4.20. The van der Waals surface area contributed by atoms with Crippen LogP contribution < -0.4 is 20.0 Å². The maximum atomic E-state index is 12.9. The first kappa shape index (κ1) is 40.8. The van der Waals surface area contributed by atoms with Crippen molar-refractivity contribution < 1.29 is 43.2 Å². The third-order valence-corrected chi connectivity index (χ3v) is 10.2. The number of hydrogen-bond donors (Lipinski definition) is 0.